The number of amides is 2. The smallest absolute Gasteiger partial charge is 0.390 e. The van der Waals surface area contributed by atoms with Crippen molar-refractivity contribution in [2.24, 2.45) is 0 Å². The number of piperazine rings is 1. The van der Waals surface area contributed by atoms with Crippen LogP contribution in [-0.4, -0.2) is 59.8 Å². The number of hydrogen-bond donors (Lipinski definition) is 1. The molecule has 1 aliphatic heterocycles. The number of ether oxygens (including phenoxy) is 1. The Hall–Kier alpha value is -4.22. The predicted octanol–water partition coefficient (Wildman–Crippen LogP) is 3.93. The Balaban J connectivity index is 1.26. The molecule has 12 heteroatoms. The number of aromatic nitrogens is 2. The van der Waals surface area contributed by atoms with Crippen LogP contribution in [0.25, 0.3) is 0 Å². The number of hydrogen-bond acceptors (Lipinski definition) is 6. The number of rotatable bonds is 6. The van der Waals surface area contributed by atoms with Crippen LogP contribution in [0.5, 0.6) is 5.88 Å². The first-order chi connectivity index (χ1) is 17.7. The van der Waals surface area contributed by atoms with Crippen molar-refractivity contribution in [1.82, 2.24) is 20.4 Å². The van der Waals surface area contributed by atoms with E-state index >= 15 is 0 Å². The van der Waals surface area contributed by atoms with Crippen LogP contribution in [0, 0.1) is 5.82 Å². The van der Waals surface area contributed by atoms with E-state index in [1.165, 1.54) is 41.3 Å². The van der Waals surface area contributed by atoms with Gasteiger partial charge in [-0.15, -0.1) is 10.2 Å². The SMILES string of the molecule is O=C(NCCc1ccc(F)cc1)Oc1ccc(N2CCN(C(=O)c3ccccc3C(F)(F)F)CC2)nn1. The van der Waals surface area contributed by atoms with Gasteiger partial charge in [0, 0.05) is 38.8 Å². The van der Waals surface area contributed by atoms with E-state index in [1.54, 1.807) is 18.2 Å². The Morgan fingerprint density at radius 1 is 0.919 bits per heavy atom. The lowest BCUT2D eigenvalue weighted by atomic mass is 10.1. The van der Waals surface area contributed by atoms with Gasteiger partial charge < -0.3 is 19.9 Å². The fraction of sp³-hybridized carbons (Fsp3) is 0.280. The molecule has 4 rings (SSSR count). The highest BCUT2D eigenvalue weighted by Crippen LogP contribution is 2.32. The number of alkyl halides is 3. The molecule has 3 aromatic rings. The zero-order valence-electron chi connectivity index (χ0n) is 19.5. The largest absolute Gasteiger partial charge is 0.417 e. The standard InChI is InChI=1S/C25H23F4N5O3/c26-18-7-5-17(6-8-18)11-12-30-24(36)37-22-10-9-21(31-32-22)33-13-15-34(16-14-33)23(35)19-3-1-2-4-20(19)25(27,28)29/h1-10H,11-16H2,(H,30,36). The van der Waals surface area contributed by atoms with Crippen molar-refractivity contribution < 1.29 is 31.9 Å². The van der Waals surface area contributed by atoms with Gasteiger partial charge >= 0.3 is 12.3 Å². The van der Waals surface area contributed by atoms with Gasteiger partial charge in [-0.1, -0.05) is 24.3 Å². The fourth-order valence-corrected chi connectivity index (χ4v) is 3.85. The molecule has 1 aliphatic rings. The van der Waals surface area contributed by atoms with Crippen LogP contribution in [-0.2, 0) is 12.6 Å². The van der Waals surface area contributed by atoms with Gasteiger partial charge in [-0.25, -0.2) is 9.18 Å². The van der Waals surface area contributed by atoms with Crippen molar-refractivity contribution in [3.8, 4) is 5.88 Å². The first-order valence-electron chi connectivity index (χ1n) is 11.4. The molecule has 8 nitrogen and oxygen atoms in total. The molecule has 0 radical (unpaired) electrons. The molecule has 37 heavy (non-hydrogen) atoms. The van der Waals surface area contributed by atoms with Gasteiger partial charge in [-0.05, 0) is 42.3 Å². The van der Waals surface area contributed by atoms with Gasteiger partial charge in [0.2, 0.25) is 5.88 Å². The molecule has 194 valence electrons. The van der Waals surface area contributed by atoms with E-state index in [0.717, 1.165) is 11.6 Å². The van der Waals surface area contributed by atoms with Crippen LogP contribution in [0.3, 0.4) is 0 Å². The summed E-state index contributed by atoms with van der Waals surface area (Å²) in [5.74, 6) is -0.541. The maximum atomic E-state index is 13.3. The summed E-state index contributed by atoms with van der Waals surface area (Å²) in [6.07, 6.45) is -4.83. The molecule has 2 amide bonds. The summed E-state index contributed by atoms with van der Waals surface area (Å²) in [6, 6.07) is 13.8. The van der Waals surface area contributed by atoms with Crippen LogP contribution in [0.1, 0.15) is 21.5 Å². The van der Waals surface area contributed by atoms with Crippen molar-refractivity contribution in [3.63, 3.8) is 0 Å². The lowest BCUT2D eigenvalue weighted by Crippen LogP contribution is -2.49. The molecular weight excluding hydrogens is 494 g/mol. The van der Waals surface area contributed by atoms with Gasteiger partial charge in [0.15, 0.2) is 5.82 Å². The number of carbonyl (C=O) groups excluding carboxylic acids is 2. The Labute approximate surface area is 209 Å². The van der Waals surface area contributed by atoms with E-state index < -0.39 is 23.7 Å². The summed E-state index contributed by atoms with van der Waals surface area (Å²) >= 11 is 0. The number of anilines is 1. The van der Waals surface area contributed by atoms with Gasteiger partial charge in [-0.2, -0.15) is 13.2 Å². The van der Waals surface area contributed by atoms with Crippen molar-refractivity contribution >= 4 is 17.8 Å². The van der Waals surface area contributed by atoms with E-state index in [2.05, 4.69) is 15.5 Å². The minimum atomic E-state index is -4.62. The van der Waals surface area contributed by atoms with E-state index in [-0.39, 0.29) is 36.9 Å². The van der Waals surface area contributed by atoms with Crippen LogP contribution in [0.2, 0.25) is 0 Å². The monoisotopic (exact) mass is 517 g/mol. The maximum Gasteiger partial charge on any atom is 0.417 e. The van der Waals surface area contributed by atoms with Crippen molar-refractivity contribution in [1.29, 1.82) is 0 Å². The van der Waals surface area contributed by atoms with Gasteiger partial charge in [0.1, 0.15) is 5.82 Å². The molecule has 1 N–H and O–H groups in total. The lowest BCUT2D eigenvalue weighted by molar-refractivity contribution is -0.138. The Bertz CT molecular complexity index is 1230. The molecule has 2 heterocycles. The molecule has 0 bridgehead atoms. The lowest BCUT2D eigenvalue weighted by Gasteiger charge is -2.35. The zero-order chi connectivity index (χ0) is 26.4. The normalized spacial score (nSPS) is 13.8. The average molecular weight is 517 g/mol. The fourth-order valence-electron chi connectivity index (χ4n) is 3.85. The Kier molecular flexibility index (Phi) is 7.85. The van der Waals surface area contributed by atoms with Crippen LogP contribution in [0.4, 0.5) is 28.2 Å². The third kappa shape index (κ3) is 6.72. The molecule has 2 aromatic carbocycles. The number of halogens is 4. The minimum Gasteiger partial charge on any atom is -0.390 e. The molecule has 0 spiro atoms. The molecule has 1 fully saturated rings. The quantitative estimate of drug-likeness (QED) is 0.499. The second-order valence-electron chi connectivity index (χ2n) is 8.25. The number of nitrogens with one attached hydrogen (secondary N) is 1. The van der Waals surface area contributed by atoms with Crippen LogP contribution in [0.15, 0.2) is 60.7 Å². The van der Waals surface area contributed by atoms with E-state index in [1.807, 2.05) is 4.90 Å². The Morgan fingerprint density at radius 3 is 2.27 bits per heavy atom. The van der Waals surface area contributed by atoms with E-state index in [0.29, 0.717) is 25.3 Å². The molecule has 1 saturated heterocycles. The summed E-state index contributed by atoms with van der Waals surface area (Å²) in [7, 11) is 0. The summed E-state index contributed by atoms with van der Waals surface area (Å²) in [5.41, 5.74) is -0.471. The third-order valence-electron chi connectivity index (χ3n) is 5.77. The van der Waals surface area contributed by atoms with E-state index in [9.17, 15) is 27.2 Å². The number of benzene rings is 2. The van der Waals surface area contributed by atoms with Crippen LogP contribution < -0.4 is 15.0 Å². The summed E-state index contributed by atoms with van der Waals surface area (Å²) in [4.78, 5) is 27.9. The van der Waals surface area contributed by atoms with Gasteiger partial charge in [0.25, 0.3) is 5.91 Å². The van der Waals surface area contributed by atoms with Gasteiger partial charge in [-0.3, -0.25) is 4.79 Å². The molecule has 0 saturated carbocycles. The van der Waals surface area contributed by atoms with Crippen molar-refractivity contribution in [2.75, 3.05) is 37.6 Å². The summed E-state index contributed by atoms with van der Waals surface area (Å²) < 4.78 is 57.9. The maximum absolute atomic E-state index is 13.3. The second-order valence-corrected chi connectivity index (χ2v) is 8.25. The summed E-state index contributed by atoms with van der Waals surface area (Å²) in [6.45, 7) is 1.40. The highest BCUT2D eigenvalue weighted by Gasteiger charge is 2.36. The van der Waals surface area contributed by atoms with Gasteiger partial charge in [0.05, 0.1) is 11.1 Å². The molecule has 1 aromatic heterocycles. The average Bonchev–Trinajstić information content (AvgIpc) is 2.89. The topological polar surface area (TPSA) is 87.7 Å². The highest BCUT2D eigenvalue weighted by molar-refractivity contribution is 5.96. The highest BCUT2D eigenvalue weighted by atomic mass is 19.4. The minimum absolute atomic E-state index is 0.0133. The number of carbonyl (C=O) groups is 2. The first kappa shape index (κ1) is 25.9. The number of nitrogens with zero attached hydrogens (tertiary/aromatic N) is 4. The third-order valence-corrected chi connectivity index (χ3v) is 5.77. The van der Waals surface area contributed by atoms with Crippen molar-refractivity contribution in [2.45, 2.75) is 12.6 Å². The Morgan fingerprint density at radius 2 is 1.62 bits per heavy atom. The molecular formula is C25H23F4N5O3. The second kappa shape index (κ2) is 11.2. The van der Waals surface area contributed by atoms with Crippen LogP contribution >= 0.6 is 0 Å². The predicted molar refractivity (Wildman–Crippen MR) is 126 cm³/mol. The molecule has 0 atom stereocenters. The molecule has 0 aliphatic carbocycles. The first-order valence-corrected chi connectivity index (χ1v) is 11.4. The molecule has 0 unspecified atom stereocenters. The van der Waals surface area contributed by atoms with E-state index in [4.69, 9.17) is 4.74 Å². The zero-order valence-corrected chi connectivity index (χ0v) is 19.5. The van der Waals surface area contributed by atoms with Crippen molar-refractivity contribution in [3.05, 3.63) is 83.2 Å². The summed E-state index contributed by atoms with van der Waals surface area (Å²) in [5, 5.41) is 10.5.